The molecule has 5 heteroatoms. The molecule has 88 valence electrons. The molecule has 5 nitrogen and oxygen atoms in total. The van der Waals surface area contributed by atoms with Crippen molar-refractivity contribution in [1.29, 1.82) is 0 Å². The summed E-state index contributed by atoms with van der Waals surface area (Å²) in [5.41, 5.74) is 1.46. The zero-order valence-electron chi connectivity index (χ0n) is 9.68. The van der Waals surface area contributed by atoms with E-state index in [-0.39, 0.29) is 5.56 Å². The molecule has 1 N–H and O–H groups in total. The first-order chi connectivity index (χ1) is 8.27. The molecule has 0 aromatic carbocycles. The monoisotopic (exact) mass is 230 g/mol. The quantitative estimate of drug-likeness (QED) is 0.704. The van der Waals surface area contributed by atoms with Crippen molar-refractivity contribution in [2.24, 2.45) is 0 Å². The number of likely N-dealkylation sites (N-methyl/N-ethyl adjacent to an activating group) is 1. The van der Waals surface area contributed by atoms with Crippen molar-refractivity contribution in [2.45, 2.75) is 6.54 Å². The van der Waals surface area contributed by atoms with Crippen molar-refractivity contribution < 1.29 is 0 Å². The predicted molar refractivity (Wildman–Crippen MR) is 66.4 cm³/mol. The summed E-state index contributed by atoms with van der Waals surface area (Å²) in [6.07, 6.45) is 1.76. The molecule has 1 aliphatic rings. The van der Waals surface area contributed by atoms with Crippen LogP contribution in [0.1, 0.15) is 5.56 Å². The summed E-state index contributed by atoms with van der Waals surface area (Å²) in [4.78, 5) is 18.9. The molecule has 0 radical (unpaired) electrons. The van der Waals surface area contributed by atoms with Crippen LogP contribution in [0.4, 0.5) is 5.82 Å². The van der Waals surface area contributed by atoms with Gasteiger partial charge in [-0.25, -0.2) is 4.98 Å². The number of rotatable bonds is 0. The van der Waals surface area contributed by atoms with Crippen LogP contribution in [-0.2, 0) is 6.54 Å². The fraction of sp³-hybridized carbons (Fsp3) is 0.333. The smallest absolute Gasteiger partial charge is 0.264 e. The first-order valence-corrected chi connectivity index (χ1v) is 5.69. The molecule has 3 rings (SSSR count). The first kappa shape index (κ1) is 10.3. The van der Waals surface area contributed by atoms with Crippen LogP contribution in [0.15, 0.2) is 29.2 Å². The number of fused-ring (bicyclic) bond motifs is 2. The second-order valence-electron chi connectivity index (χ2n) is 4.25. The van der Waals surface area contributed by atoms with Crippen molar-refractivity contribution in [3.63, 3.8) is 0 Å². The number of aromatic nitrogens is 2. The lowest BCUT2D eigenvalue weighted by molar-refractivity contribution is 0.703. The first-order valence-electron chi connectivity index (χ1n) is 5.69. The lowest BCUT2D eigenvalue weighted by Gasteiger charge is -2.17. The van der Waals surface area contributed by atoms with E-state index in [1.165, 1.54) is 0 Å². The number of anilines is 1. The van der Waals surface area contributed by atoms with Crippen LogP contribution < -0.4 is 15.8 Å². The SMILES string of the molecule is CN1CCNCc2c1nc1ccccn1c2=O. The number of nitrogens with zero attached hydrogens (tertiary/aromatic N) is 3. The number of nitrogens with one attached hydrogen (secondary N) is 1. The standard InChI is InChI=1S/C12H14N4O/c1-15-7-5-13-8-9-11(15)14-10-4-2-3-6-16(10)12(9)17/h2-4,6,13H,5,7-8H2,1H3. The van der Waals surface area contributed by atoms with Gasteiger partial charge in [0.25, 0.3) is 5.56 Å². The van der Waals surface area contributed by atoms with Gasteiger partial charge in [-0.05, 0) is 12.1 Å². The molecule has 17 heavy (non-hydrogen) atoms. The van der Waals surface area contributed by atoms with E-state index in [2.05, 4.69) is 10.3 Å². The molecule has 0 saturated carbocycles. The summed E-state index contributed by atoms with van der Waals surface area (Å²) in [6, 6.07) is 5.59. The maximum atomic E-state index is 12.3. The summed E-state index contributed by atoms with van der Waals surface area (Å²) in [5, 5.41) is 3.24. The topological polar surface area (TPSA) is 49.6 Å². The van der Waals surface area contributed by atoms with E-state index >= 15 is 0 Å². The summed E-state index contributed by atoms with van der Waals surface area (Å²) in [5.74, 6) is 0.797. The highest BCUT2D eigenvalue weighted by atomic mass is 16.1. The minimum Gasteiger partial charge on any atom is -0.358 e. The second kappa shape index (κ2) is 3.85. The van der Waals surface area contributed by atoms with Gasteiger partial charge in [-0.15, -0.1) is 0 Å². The third-order valence-corrected chi connectivity index (χ3v) is 3.09. The van der Waals surface area contributed by atoms with Gasteiger partial charge >= 0.3 is 0 Å². The fourth-order valence-corrected chi connectivity index (χ4v) is 2.15. The molecular weight excluding hydrogens is 216 g/mol. The highest BCUT2D eigenvalue weighted by molar-refractivity contribution is 5.53. The Morgan fingerprint density at radius 1 is 1.41 bits per heavy atom. The Kier molecular flexibility index (Phi) is 2.33. The van der Waals surface area contributed by atoms with E-state index in [1.54, 1.807) is 10.6 Å². The van der Waals surface area contributed by atoms with Crippen LogP contribution in [0.5, 0.6) is 0 Å². The van der Waals surface area contributed by atoms with E-state index in [9.17, 15) is 4.79 Å². The Hall–Kier alpha value is -1.88. The molecule has 2 aromatic rings. The van der Waals surface area contributed by atoms with Crippen molar-refractivity contribution in [3.8, 4) is 0 Å². The molecule has 0 atom stereocenters. The van der Waals surface area contributed by atoms with Gasteiger partial charge in [-0.2, -0.15) is 0 Å². The molecule has 0 bridgehead atoms. The van der Waals surface area contributed by atoms with Crippen molar-refractivity contribution in [2.75, 3.05) is 25.0 Å². The van der Waals surface area contributed by atoms with Gasteiger partial charge in [0.05, 0.1) is 5.56 Å². The van der Waals surface area contributed by atoms with Crippen molar-refractivity contribution in [1.82, 2.24) is 14.7 Å². The largest absolute Gasteiger partial charge is 0.358 e. The van der Waals surface area contributed by atoms with Gasteiger partial charge in [0, 0.05) is 32.9 Å². The fourth-order valence-electron chi connectivity index (χ4n) is 2.15. The van der Waals surface area contributed by atoms with E-state index < -0.39 is 0 Å². The molecule has 0 aliphatic carbocycles. The van der Waals surface area contributed by atoms with Gasteiger partial charge in [-0.1, -0.05) is 6.07 Å². The molecule has 0 fully saturated rings. The summed E-state index contributed by atoms with van der Waals surface area (Å²) >= 11 is 0. The Morgan fingerprint density at radius 2 is 2.29 bits per heavy atom. The van der Waals surface area contributed by atoms with E-state index in [4.69, 9.17) is 0 Å². The van der Waals surface area contributed by atoms with E-state index in [0.29, 0.717) is 12.2 Å². The Bertz CT molecular complexity index is 619. The predicted octanol–water partition coefficient (Wildman–Crippen LogP) is 0.234. The maximum Gasteiger partial charge on any atom is 0.264 e. The summed E-state index contributed by atoms with van der Waals surface area (Å²) < 4.78 is 1.60. The molecular formula is C12H14N4O. The minimum absolute atomic E-state index is 0.0202. The molecule has 0 spiro atoms. The van der Waals surface area contributed by atoms with E-state index in [1.807, 2.05) is 30.1 Å². The molecule has 2 aromatic heterocycles. The Morgan fingerprint density at radius 3 is 3.18 bits per heavy atom. The second-order valence-corrected chi connectivity index (χ2v) is 4.25. The summed E-state index contributed by atoms with van der Waals surface area (Å²) in [7, 11) is 1.97. The normalized spacial score (nSPS) is 15.7. The van der Waals surface area contributed by atoms with Gasteiger partial charge in [0.2, 0.25) is 0 Å². The highest BCUT2D eigenvalue weighted by Crippen LogP contribution is 2.15. The molecule has 0 unspecified atom stereocenters. The van der Waals surface area contributed by atoms with Crippen molar-refractivity contribution in [3.05, 3.63) is 40.3 Å². The third kappa shape index (κ3) is 1.59. The summed E-state index contributed by atoms with van der Waals surface area (Å²) in [6.45, 7) is 2.32. The van der Waals surface area contributed by atoms with Crippen molar-refractivity contribution >= 4 is 11.5 Å². The van der Waals surface area contributed by atoms with Crippen LogP contribution in [0.25, 0.3) is 5.65 Å². The number of pyridine rings is 1. The highest BCUT2D eigenvalue weighted by Gasteiger charge is 2.17. The minimum atomic E-state index is 0.0202. The van der Waals surface area contributed by atoms with E-state index in [0.717, 1.165) is 24.5 Å². The lowest BCUT2D eigenvalue weighted by Crippen LogP contribution is -2.26. The average molecular weight is 230 g/mol. The number of hydrogen-bond acceptors (Lipinski definition) is 4. The third-order valence-electron chi connectivity index (χ3n) is 3.09. The molecule has 0 saturated heterocycles. The van der Waals surface area contributed by atoms with Gasteiger partial charge < -0.3 is 10.2 Å². The van der Waals surface area contributed by atoms with Crippen LogP contribution in [0.3, 0.4) is 0 Å². The van der Waals surface area contributed by atoms with Gasteiger partial charge in [0.15, 0.2) is 0 Å². The average Bonchev–Trinajstić information content (AvgIpc) is 2.53. The molecule has 1 aliphatic heterocycles. The van der Waals surface area contributed by atoms with Crippen LogP contribution in [0, 0.1) is 0 Å². The Labute approximate surface area is 98.7 Å². The number of hydrogen-bond donors (Lipinski definition) is 1. The van der Waals surface area contributed by atoms with Gasteiger partial charge in [-0.3, -0.25) is 9.20 Å². The molecule has 3 heterocycles. The van der Waals surface area contributed by atoms with Gasteiger partial charge in [0.1, 0.15) is 11.5 Å². The Balaban J connectivity index is 2.36. The van der Waals surface area contributed by atoms with Crippen LogP contribution >= 0.6 is 0 Å². The van der Waals surface area contributed by atoms with Crippen LogP contribution in [0.2, 0.25) is 0 Å². The lowest BCUT2D eigenvalue weighted by atomic mass is 10.3. The zero-order chi connectivity index (χ0) is 11.8. The molecule has 0 amide bonds. The zero-order valence-corrected chi connectivity index (χ0v) is 9.68. The van der Waals surface area contributed by atoms with Crippen LogP contribution in [-0.4, -0.2) is 29.5 Å². The maximum absolute atomic E-state index is 12.3.